The van der Waals surface area contributed by atoms with Crippen molar-refractivity contribution >= 4 is 24.3 Å². The Morgan fingerprint density at radius 2 is 1.95 bits per heavy atom. The van der Waals surface area contributed by atoms with E-state index >= 15 is 0 Å². The molecular formula is C13H25ClN2O3. The van der Waals surface area contributed by atoms with Crippen molar-refractivity contribution in [1.29, 1.82) is 0 Å². The van der Waals surface area contributed by atoms with Gasteiger partial charge >= 0.3 is 5.97 Å². The highest BCUT2D eigenvalue weighted by atomic mass is 35.5. The molecule has 0 aliphatic carbocycles. The lowest BCUT2D eigenvalue weighted by Gasteiger charge is -2.36. The van der Waals surface area contributed by atoms with E-state index in [1.807, 2.05) is 25.7 Å². The molecule has 19 heavy (non-hydrogen) atoms. The number of carbonyl (C=O) groups excluding carboxylic acids is 1. The topological polar surface area (TPSA) is 60.9 Å². The molecule has 112 valence electrons. The summed E-state index contributed by atoms with van der Waals surface area (Å²) in [4.78, 5) is 27.0. The van der Waals surface area contributed by atoms with E-state index in [9.17, 15) is 9.59 Å². The Kier molecular flexibility index (Phi) is 8.02. The highest BCUT2D eigenvalue weighted by Crippen LogP contribution is 2.19. The fourth-order valence-corrected chi connectivity index (χ4v) is 2.52. The highest BCUT2D eigenvalue weighted by Gasteiger charge is 2.31. The molecule has 0 spiro atoms. The fourth-order valence-electron chi connectivity index (χ4n) is 2.52. The molecule has 1 amide bonds. The maximum Gasteiger partial charge on any atom is 0.307 e. The van der Waals surface area contributed by atoms with E-state index in [0.717, 1.165) is 19.4 Å². The number of rotatable bonds is 5. The maximum atomic E-state index is 12.2. The lowest BCUT2D eigenvalue weighted by molar-refractivity contribution is -0.146. The van der Waals surface area contributed by atoms with Crippen molar-refractivity contribution in [1.82, 2.24) is 9.80 Å². The maximum absolute atomic E-state index is 12.2. The van der Waals surface area contributed by atoms with Crippen LogP contribution in [-0.4, -0.2) is 59.0 Å². The van der Waals surface area contributed by atoms with Gasteiger partial charge in [-0.25, -0.2) is 0 Å². The average Bonchev–Trinajstić information content (AvgIpc) is 2.39. The van der Waals surface area contributed by atoms with E-state index in [2.05, 4.69) is 0 Å². The minimum Gasteiger partial charge on any atom is -0.481 e. The number of nitrogens with zero attached hydrogens (tertiary/aromatic N) is 2. The van der Waals surface area contributed by atoms with Crippen LogP contribution in [0.2, 0.25) is 0 Å². The van der Waals surface area contributed by atoms with Gasteiger partial charge in [0.2, 0.25) is 5.91 Å². The molecule has 0 radical (unpaired) electrons. The predicted molar refractivity (Wildman–Crippen MR) is 76.6 cm³/mol. The summed E-state index contributed by atoms with van der Waals surface area (Å²) in [6.07, 6.45) is 1.57. The minimum atomic E-state index is -0.748. The summed E-state index contributed by atoms with van der Waals surface area (Å²) in [6.45, 7) is 8.52. The van der Waals surface area contributed by atoms with Gasteiger partial charge in [0.1, 0.15) is 0 Å². The van der Waals surface area contributed by atoms with E-state index in [4.69, 9.17) is 5.11 Å². The zero-order valence-electron chi connectivity index (χ0n) is 12.0. The smallest absolute Gasteiger partial charge is 0.307 e. The molecular weight excluding hydrogens is 268 g/mol. The lowest BCUT2D eigenvalue weighted by atomic mass is 9.97. The Morgan fingerprint density at radius 3 is 2.42 bits per heavy atom. The first-order chi connectivity index (χ1) is 8.51. The van der Waals surface area contributed by atoms with Crippen LogP contribution in [0.3, 0.4) is 0 Å². The SMILES string of the molecule is CCN(CC)C(=O)C(C)N1CCCC(C(=O)O)C1.Cl. The molecule has 0 aromatic heterocycles. The number of hydrogen-bond donors (Lipinski definition) is 1. The van der Waals surface area contributed by atoms with E-state index < -0.39 is 5.97 Å². The van der Waals surface area contributed by atoms with Gasteiger partial charge in [0, 0.05) is 19.6 Å². The van der Waals surface area contributed by atoms with Gasteiger partial charge in [-0.1, -0.05) is 0 Å². The van der Waals surface area contributed by atoms with Gasteiger partial charge in [-0.2, -0.15) is 0 Å². The highest BCUT2D eigenvalue weighted by molar-refractivity contribution is 5.85. The van der Waals surface area contributed by atoms with Gasteiger partial charge in [-0.15, -0.1) is 12.4 Å². The second-order valence-electron chi connectivity index (χ2n) is 4.86. The molecule has 2 unspecified atom stereocenters. The van der Waals surface area contributed by atoms with E-state index in [-0.39, 0.29) is 30.3 Å². The first kappa shape index (κ1) is 18.2. The Balaban J connectivity index is 0.00000324. The van der Waals surface area contributed by atoms with E-state index in [1.165, 1.54) is 0 Å². The molecule has 1 fully saturated rings. The van der Waals surface area contributed by atoms with Crippen LogP contribution in [0.1, 0.15) is 33.6 Å². The molecule has 0 aromatic carbocycles. The standard InChI is InChI=1S/C13H24N2O3.ClH/c1-4-14(5-2)12(16)10(3)15-8-6-7-11(9-15)13(17)18;/h10-11H,4-9H2,1-3H3,(H,17,18);1H. The number of aliphatic carboxylic acids is 1. The quantitative estimate of drug-likeness (QED) is 0.833. The van der Waals surface area contributed by atoms with Gasteiger partial charge in [0.05, 0.1) is 12.0 Å². The normalized spacial score (nSPS) is 21.3. The third-order valence-corrected chi connectivity index (χ3v) is 3.78. The van der Waals surface area contributed by atoms with Crippen molar-refractivity contribution in [3.8, 4) is 0 Å². The monoisotopic (exact) mass is 292 g/mol. The lowest BCUT2D eigenvalue weighted by Crippen LogP contribution is -2.51. The second kappa shape index (κ2) is 8.38. The van der Waals surface area contributed by atoms with Crippen LogP contribution in [-0.2, 0) is 9.59 Å². The molecule has 1 saturated heterocycles. The summed E-state index contributed by atoms with van der Waals surface area (Å²) in [5.41, 5.74) is 0. The molecule has 1 heterocycles. The van der Waals surface area contributed by atoms with Crippen molar-refractivity contribution in [3.63, 3.8) is 0 Å². The van der Waals surface area contributed by atoms with E-state index in [1.54, 1.807) is 4.90 Å². The molecule has 1 rings (SSSR count). The number of likely N-dealkylation sites (tertiary alicyclic amines) is 1. The van der Waals surface area contributed by atoms with Gasteiger partial charge in [0.25, 0.3) is 0 Å². The Bertz CT molecular complexity index is 308. The number of halogens is 1. The third-order valence-electron chi connectivity index (χ3n) is 3.78. The second-order valence-corrected chi connectivity index (χ2v) is 4.86. The van der Waals surface area contributed by atoms with Crippen LogP contribution in [0.4, 0.5) is 0 Å². The Morgan fingerprint density at radius 1 is 1.37 bits per heavy atom. The Hall–Kier alpha value is -0.810. The first-order valence-corrected chi connectivity index (χ1v) is 6.76. The summed E-state index contributed by atoms with van der Waals surface area (Å²) in [7, 11) is 0. The summed E-state index contributed by atoms with van der Waals surface area (Å²) < 4.78 is 0. The number of piperidine rings is 1. The van der Waals surface area contributed by atoms with Crippen molar-refractivity contribution in [2.45, 2.75) is 39.7 Å². The van der Waals surface area contributed by atoms with Crippen LogP contribution >= 0.6 is 12.4 Å². The largest absolute Gasteiger partial charge is 0.481 e. The number of carbonyl (C=O) groups is 2. The zero-order valence-corrected chi connectivity index (χ0v) is 12.8. The van der Waals surface area contributed by atoms with Crippen LogP contribution in [0.15, 0.2) is 0 Å². The number of carboxylic acid groups (broad SMARTS) is 1. The molecule has 2 atom stereocenters. The number of likely N-dealkylation sites (N-methyl/N-ethyl adjacent to an activating group) is 1. The number of hydrogen-bond acceptors (Lipinski definition) is 3. The summed E-state index contributed by atoms with van der Waals surface area (Å²) >= 11 is 0. The summed E-state index contributed by atoms with van der Waals surface area (Å²) in [5, 5.41) is 9.06. The fraction of sp³-hybridized carbons (Fsp3) is 0.846. The summed E-state index contributed by atoms with van der Waals surface area (Å²) in [5.74, 6) is -0.973. The first-order valence-electron chi connectivity index (χ1n) is 6.76. The van der Waals surface area contributed by atoms with Gasteiger partial charge in [0.15, 0.2) is 0 Å². The van der Waals surface area contributed by atoms with Crippen molar-refractivity contribution < 1.29 is 14.7 Å². The van der Waals surface area contributed by atoms with Crippen molar-refractivity contribution in [2.24, 2.45) is 5.92 Å². The van der Waals surface area contributed by atoms with Gasteiger partial charge in [-0.3, -0.25) is 14.5 Å². The zero-order chi connectivity index (χ0) is 13.7. The third kappa shape index (κ3) is 4.66. The summed E-state index contributed by atoms with van der Waals surface area (Å²) in [6, 6.07) is -0.216. The number of amides is 1. The number of carboxylic acids is 1. The van der Waals surface area contributed by atoms with Crippen molar-refractivity contribution in [3.05, 3.63) is 0 Å². The average molecular weight is 293 g/mol. The van der Waals surface area contributed by atoms with Crippen molar-refractivity contribution in [2.75, 3.05) is 26.2 Å². The molecule has 0 bridgehead atoms. The molecule has 6 heteroatoms. The molecule has 0 aromatic rings. The minimum absolute atomic E-state index is 0. The van der Waals surface area contributed by atoms with Gasteiger partial charge < -0.3 is 10.0 Å². The van der Waals surface area contributed by atoms with Crippen LogP contribution in [0.25, 0.3) is 0 Å². The molecule has 1 aliphatic rings. The van der Waals surface area contributed by atoms with E-state index in [0.29, 0.717) is 19.6 Å². The van der Waals surface area contributed by atoms with Crippen LogP contribution in [0.5, 0.6) is 0 Å². The van der Waals surface area contributed by atoms with Crippen LogP contribution in [0, 0.1) is 5.92 Å². The predicted octanol–water partition coefficient (Wildman–Crippen LogP) is 1.46. The molecule has 1 aliphatic heterocycles. The van der Waals surface area contributed by atoms with Crippen LogP contribution < -0.4 is 0 Å². The molecule has 0 saturated carbocycles. The van der Waals surface area contributed by atoms with Gasteiger partial charge in [-0.05, 0) is 40.2 Å². The Labute approximate surface area is 121 Å². The molecule has 5 nitrogen and oxygen atoms in total. The molecule has 1 N–H and O–H groups in total.